The lowest BCUT2D eigenvalue weighted by Gasteiger charge is -2.01. The second-order valence-electron chi connectivity index (χ2n) is 3.45. The van der Waals surface area contributed by atoms with Gasteiger partial charge in [0.05, 0.1) is 5.38 Å². The van der Waals surface area contributed by atoms with Gasteiger partial charge in [-0.3, -0.25) is 0 Å². The third kappa shape index (κ3) is 1.28. The molecule has 0 aromatic carbocycles. The monoisotopic (exact) mass is 209 g/mol. The van der Waals surface area contributed by atoms with E-state index in [2.05, 4.69) is 9.97 Å². The van der Waals surface area contributed by atoms with E-state index in [0.717, 1.165) is 22.6 Å². The zero-order valence-electron chi connectivity index (χ0n) is 8.45. The average molecular weight is 210 g/mol. The molecule has 74 valence electrons. The van der Waals surface area contributed by atoms with Crippen molar-refractivity contribution in [3.05, 3.63) is 23.7 Å². The Morgan fingerprint density at radius 1 is 1.50 bits per heavy atom. The molecule has 0 aliphatic heterocycles. The average Bonchev–Trinajstić information content (AvgIpc) is 2.46. The number of pyridine rings is 1. The molecule has 4 heteroatoms. The van der Waals surface area contributed by atoms with E-state index in [1.165, 1.54) is 0 Å². The van der Waals surface area contributed by atoms with E-state index in [9.17, 15) is 0 Å². The summed E-state index contributed by atoms with van der Waals surface area (Å²) in [5, 5.41) is -0.0893. The van der Waals surface area contributed by atoms with E-state index < -0.39 is 0 Å². The number of alkyl halides is 1. The summed E-state index contributed by atoms with van der Waals surface area (Å²) in [7, 11) is 1.94. The molecule has 0 radical (unpaired) electrons. The minimum atomic E-state index is -0.0893. The predicted molar refractivity (Wildman–Crippen MR) is 57.5 cm³/mol. The van der Waals surface area contributed by atoms with E-state index >= 15 is 0 Å². The van der Waals surface area contributed by atoms with E-state index in [-0.39, 0.29) is 5.38 Å². The van der Waals surface area contributed by atoms with Crippen LogP contribution >= 0.6 is 11.6 Å². The Labute approximate surface area is 87.7 Å². The van der Waals surface area contributed by atoms with Crippen molar-refractivity contribution >= 4 is 22.8 Å². The summed E-state index contributed by atoms with van der Waals surface area (Å²) >= 11 is 6.02. The van der Waals surface area contributed by atoms with E-state index in [1.54, 1.807) is 6.20 Å². The van der Waals surface area contributed by atoms with Crippen molar-refractivity contribution < 1.29 is 0 Å². The number of fused-ring (bicyclic) bond motifs is 1. The molecule has 0 saturated heterocycles. The Kier molecular flexibility index (Phi) is 2.19. The molecule has 0 aliphatic rings. The minimum Gasteiger partial charge on any atom is -0.315 e. The van der Waals surface area contributed by atoms with Crippen LogP contribution in [0.5, 0.6) is 0 Å². The Morgan fingerprint density at radius 3 is 2.79 bits per heavy atom. The van der Waals surface area contributed by atoms with Crippen LogP contribution in [0.4, 0.5) is 0 Å². The van der Waals surface area contributed by atoms with Gasteiger partial charge < -0.3 is 4.57 Å². The molecule has 2 aromatic rings. The molecule has 0 amide bonds. The maximum atomic E-state index is 6.02. The van der Waals surface area contributed by atoms with Crippen molar-refractivity contribution in [2.45, 2.75) is 19.2 Å². The molecular formula is C10H12ClN3. The number of imidazole rings is 1. The van der Waals surface area contributed by atoms with Crippen LogP contribution in [0.3, 0.4) is 0 Å². The summed E-state index contributed by atoms with van der Waals surface area (Å²) in [5.41, 5.74) is 2.97. The molecule has 0 saturated carbocycles. The van der Waals surface area contributed by atoms with Crippen molar-refractivity contribution in [2.75, 3.05) is 0 Å². The molecule has 0 aliphatic carbocycles. The van der Waals surface area contributed by atoms with Gasteiger partial charge in [-0.1, -0.05) is 0 Å². The molecule has 1 unspecified atom stereocenters. The van der Waals surface area contributed by atoms with Crippen LogP contribution in [0.25, 0.3) is 11.2 Å². The maximum absolute atomic E-state index is 6.02. The van der Waals surface area contributed by atoms with Crippen molar-refractivity contribution in [3.63, 3.8) is 0 Å². The third-order valence-corrected chi connectivity index (χ3v) is 2.55. The fraction of sp³-hybridized carbons (Fsp3) is 0.400. The van der Waals surface area contributed by atoms with Crippen molar-refractivity contribution in [3.8, 4) is 0 Å². The summed E-state index contributed by atoms with van der Waals surface area (Å²) in [4.78, 5) is 8.77. The van der Waals surface area contributed by atoms with Gasteiger partial charge in [-0.05, 0) is 25.5 Å². The first-order valence-corrected chi connectivity index (χ1v) is 4.97. The van der Waals surface area contributed by atoms with Crippen LogP contribution in [0, 0.1) is 6.92 Å². The molecule has 2 rings (SSSR count). The fourth-order valence-corrected chi connectivity index (χ4v) is 1.77. The zero-order chi connectivity index (χ0) is 10.3. The van der Waals surface area contributed by atoms with Crippen molar-refractivity contribution in [2.24, 2.45) is 7.05 Å². The van der Waals surface area contributed by atoms with Gasteiger partial charge in [0.15, 0.2) is 5.65 Å². The normalized spacial score (nSPS) is 13.4. The standard InChI is InChI=1S/C10H12ClN3/c1-6-4-5-12-10-8(6)13-9(7(2)11)14(10)3/h4-5,7H,1-3H3. The number of nitrogens with zero attached hydrogens (tertiary/aromatic N) is 3. The van der Waals surface area contributed by atoms with Crippen LogP contribution in [-0.2, 0) is 7.05 Å². The Morgan fingerprint density at radius 2 is 2.21 bits per heavy atom. The lowest BCUT2D eigenvalue weighted by atomic mass is 10.3. The Bertz CT molecular complexity index is 473. The highest BCUT2D eigenvalue weighted by Crippen LogP contribution is 2.23. The molecular weight excluding hydrogens is 198 g/mol. The first-order valence-electron chi connectivity index (χ1n) is 4.53. The van der Waals surface area contributed by atoms with Crippen LogP contribution in [0.2, 0.25) is 0 Å². The summed E-state index contributed by atoms with van der Waals surface area (Å²) in [6.45, 7) is 3.94. The summed E-state index contributed by atoms with van der Waals surface area (Å²) < 4.78 is 1.94. The van der Waals surface area contributed by atoms with Gasteiger partial charge in [0.2, 0.25) is 0 Å². The number of aromatic nitrogens is 3. The first-order chi connectivity index (χ1) is 6.61. The fourth-order valence-electron chi connectivity index (χ4n) is 1.57. The second kappa shape index (κ2) is 3.24. The number of aryl methyl sites for hydroxylation is 2. The van der Waals surface area contributed by atoms with E-state index in [4.69, 9.17) is 11.6 Å². The molecule has 0 N–H and O–H groups in total. The number of hydrogen-bond acceptors (Lipinski definition) is 2. The van der Waals surface area contributed by atoms with Gasteiger partial charge in [0, 0.05) is 13.2 Å². The van der Waals surface area contributed by atoms with Gasteiger partial charge in [-0.15, -0.1) is 11.6 Å². The molecule has 0 fully saturated rings. The van der Waals surface area contributed by atoms with Gasteiger partial charge in [-0.25, -0.2) is 9.97 Å². The second-order valence-corrected chi connectivity index (χ2v) is 4.10. The maximum Gasteiger partial charge on any atom is 0.160 e. The lowest BCUT2D eigenvalue weighted by Crippen LogP contribution is -1.98. The SMILES string of the molecule is Cc1ccnc2c1nc(C(C)Cl)n2C. The highest BCUT2D eigenvalue weighted by molar-refractivity contribution is 6.20. The molecule has 14 heavy (non-hydrogen) atoms. The Hall–Kier alpha value is -1.09. The van der Waals surface area contributed by atoms with Crippen LogP contribution < -0.4 is 0 Å². The summed E-state index contributed by atoms with van der Waals surface area (Å²) in [6.07, 6.45) is 1.79. The molecule has 2 heterocycles. The van der Waals surface area contributed by atoms with Crippen molar-refractivity contribution in [1.29, 1.82) is 0 Å². The first kappa shape index (κ1) is 9.46. The topological polar surface area (TPSA) is 30.7 Å². The predicted octanol–water partition coefficient (Wildman–Crippen LogP) is 2.58. The summed E-state index contributed by atoms with van der Waals surface area (Å²) in [6, 6.07) is 1.96. The highest BCUT2D eigenvalue weighted by Gasteiger charge is 2.13. The van der Waals surface area contributed by atoms with E-state index in [1.807, 2.05) is 31.5 Å². The molecule has 0 bridgehead atoms. The minimum absolute atomic E-state index is 0.0893. The zero-order valence-corrected chi connectivity index (χ0v) is 9.21. The van der Waals surface area contributed by atoms with Crippen molar-refractivity contribution in [1.82, 2.24) is 14.5 Å². The molecule has 0 spiro atoms. The third-order valence-electron chi connectivity index (χ3n) is 2.35. The van der Waals surface area contributed by atoms with Crippen LogP contribution in [-0.4, -0.2) is 14.5 Å². The number of hydrogen-bond donors (Lipinski definition) is 0. The van der Waals surface area contributed by atoms with Crippen LogP contribution in [0.15, 0.2) is 12.3 Å². The molecule has 2 aromatic heterocycles. The highest BCUT2D eigenvalue weighted by atomic mass is 35.5. The largest absolute Gasteiger partial charge is 0.315 e. The number of rotatable bonds is 1. The van der Waals surface area contributed by atoms with Gasteiger partial charge in [-0.2, -0.15) is 0 Å². The lowest BCUT2D eigenvalue weighted by molar-refractivity contribution is 0.805. The quantitative estimate of drug-likeness (QED) is 0.676. The van der Waals surface area contributed by atoms with Crippen LogP contribution in [0.1, 0.15) is 23.7 Å². The van der Waals surface area contributed by atoms with E-state index in [0.29, 0.717) is 0 Å². The molecule has 1 atom stereocenters. The number of halogens is 1. The van der Waals surface area contributed by atoms with Gasteiger partial charge in [0.1, 0.15) is 11.3 Å². The smallest absolute Gasteiger partial charge is 0.160 e. The Balaban J connectivity index is 2.80. The van der Waals surface area contributed by atoms with Gasteiger partial charge in [0.25, 0.3) is 0 Å². The summed E-state index contributed by atoms with van der Waals surface area (Å²) in [5.74, 6) is 0.864. The van der Waals surface area contributed by atoms with Gasteiger partial charge >= 0.3 is 0 Å². The molecule has 3 nitrogen and oxygen atoms in total.